The van der Waals surface area contributed by atoms with Gasteiger partial charge in [0, 0.05) is 16.3 Å². The Morgan fingerprint density at radius 2 is 1.60 bits per heavy atom. The van der Waals surface area contributed by atoms with E-state index in [0.29, 0.717) is 11.0 Å². The van der Waals surface area contributed by atoms with Gasteiger partial charge in [0.25, 0.3) is 5.56 Å². The van der Waals surface area contributed by atoms with Gasteiger partial charge in [-0.25, -0.2) is 4.98 Å². The van der Waals surface area contributed by atoms with Crippen LogP contribution in [0.5, 0.6) is 0 Å². The van der Waals surface area contributed by atoms with Crippen LogP contribution in [0.2, 0.25) is 0 Å². The lowest BCUT2D eigenvalue weighted by molar-refractivity contribution is 1.28. The highest BCUT2D eigenvalue weighted by molar-refractivity contribution is 7.22. The van der Waals surface area contributed by atoms with E-state index < -0.39 is 0 Å². The van der Waals surface area contributed by atoms with Crippen molar-refractivity contribution in [1.29, 1.82) is 0 Å². The molecule has 20 heavy (non-hydrogen) atoms. The molecule has 0 radical (unpaired) electrons. The van der Waals surface area contributed by atoms with Crippen molar-refractivity contribution in [2.45, 2.75) is 0 Å². The fourth-order valence-electron chi connectivity index (χ4n) is 2.35. The highest BCUT2D eigenvalue weighted by Crippen LogP contribution is 2.32. The van der Waals surface area contributed by atoms with E-state index in [1.165, 1.54) is 0 Å². The first kappa shape index (κ1) is 11.4. The maximum atomic E-state index is 12.0. The van der Waals surface area contributed by atoms with Gasteiger partial charge in [-0.05, 0) is 6.07 Å². The summed E-state index contributed by atoms with van der Waals surface area (Å²) in [5.41, 5.74) is 1.65. The van der Waals surface area contributed by atoms with Crippen molar-refractivity contribution in [3.05, 3.63) is 65.0 Å². The highest BCUT2D eigenvalue weighted by atomic mass is 32.1. The van der Waals surface area contributed by atoms with Gasteiger partial charge in [0.2, 0.25) is 0 Å². The molecule has 0 aliphatic heterocycles. The second kappa shape index (κ2) is 4.28. The van der Waals surface area contributed by atoms with Crippen molar-refractivity contribution in [1.82, 2.24) is 9.97 Å². The number of aromatic amines is 1. The van der Waals surface area contributed by atoms with Crippen LogP contribution in [0, 0.1) is 0 Å². The Hall–Kier alpha value is -2.46. The molecule has 0 atom stereocenters. The molecule has 2 aromatic carbocycles. The number of nitrogens with zero attached hydrogens (tertiary/aromatic N) is 1. The molecule has 4 rings (SSSR count). The lowest BCUT2D eigenvalue weighted by atomic mass is 10.2. The molecule has 0 saturated carbocycles. The molecule has 0 spiro atoms. The Balaban J connectivity index is 2.10. The van der Waals surface area contributed by atoms with E-state index in [2.05, 4.69) is 9.97 Å². The number of hydrogen-bond acceptors (Lipinski definition) is 3. The lowest BCUT2D eigenvalue weighted by Crippen LogP contribution is -2.05. The van der Waals surface area contributed by atoms with E-state index in [0.717, 1.165) is 20.7 Å². The van der Waals surface area contributed by atoms with E-state index in [1.807, 2.05) is 54.6 Å². The van der Waals surface area contributed by atoms with Crippen molar-refractivity contribution in [2.24, 2.45) is 0 Å². The molecule has 4 heteroatoms. The van der Waals surface area contributed by atoms with E-state index in [9.17, 15) is 4.79 Å². The Morgan fingerprint density at radius 1 is 0.900 bits per heavy atom. The molecule has 0 aliphatic rings. The number of thiazole rings is 1. The van der Waals surface area contributed by atoms with Gasteiger partial charge in [-0.15, -0.1) is 11.3 Å². The lowest BCUT2D eigenvalue weighted by Gasteiger charge is -1.96. The Morgan fingerprint density at radius 3 is 2.40 bits per heavy atom. The van der Waals surface area contributed by atoms with Crippen LogP contribution in [0.15, 0.2) is 59.4 Å². The minimum absolute atomic E-state index is 0.0852. The zero-order valence-electron chi connectivity index (χ0n) is 10.5. The number of aromatic nitrogens is 2. The predicted molar refractivity (Wildman–Crippen MR) is 83.2 cm³/mol. The van der Waals surface area contributed by atoms with Crippen molar-refractivity contribution in [2.75, 3.05) is 0 Å². The molecule has 0 bridgehead atoms. The van der Waals surface area contributed by atoms with Crippen molar-refractivity contribution >= 4 is 32.5 Å². The molecule has 2 heterocycles. The predicted octanol–water partition coefficient (Wildman–Crippen LogP) is 3.80. The average Bonchev–Trinajstić information content (AvgIpc) is 2.93. The molecule has 2 aromatic heterocycles. The second-order valence-electron chi connectivity index (χ2n) is 4.56. The molecular formula is C16H10N2OS. The normalized spacial score (nSPS) is 11.2. The summed E-state index contributed by atoms with van der Waals surface area (Å²) in [6, 6.07) is 17.6. The largest absolute Gasteiger partial charge is 0.305 e. The van der Waals surface area contributed by atoms with Crippen molar-refractivity contribution < 1.29 is 0 Å². The molecule has 0 saturated heterocycles. The quantitative estimate of drug-likeness (QED) is 0.575. The molecule has 0 fully saturated rings. The summed E-state index contributed by atoms with van der Waals surface area (Å²) in [5, 5.41) is 2.60. The van der Waals surface area contributed by atoms with Gasteiger partial charge in [0.15, 0.2) is 5.65 Å². The minimum atomic E-state index is -0.0852. The third-order valence-corrected chi connectivity index (χ3v) is 4.43. The van der Waals surface area contributed by atoms with Gasteiger partial charge in [0.05, 0.1) is 4.70 Å². The third-order valence-electron chi connectivity index (χ3n) is 3.30. The minimum Gasteiger partial charge on any atom is -0.305 e. The van der Waals surface area contributed by atoms with E-state index in [-0.39, 0.29) is 5.56 Å². The first-order valence-corrected chi connectivity index (χ1v) is 7.11. The molecule has 0 unspecified atom stereocenters. The number of hydrogen-bond donors (Lipinski definition) is 1. The zero-order chi connectivity index (χ0) is 13.5. The highest BCUT2D eigenvalue weighted by Gasteiger charge is 2.11. The molecule has 4 aromatic rings. The van der Waals surface area contributed by atoms with Gasteiger partial charge in [-0.3, -0.25) is 4.79 Å². The summed E-state index contributed by atoms with van der Waals surface area (Å²) in [4.78, 5) is 19.5. The van der Waals surface area contributed by atoms with Crippen LogP contribution in [0.1, 0.15) is 0 Å². The van der Waals surface area contributed by atoms with E-state index in [4.69, 9.17) is 0 Å². The van der Waals surface area contributed by atoms with Crippen molar-refractivity contribution in [3.8, 4) is 10.6 Å². The Bertz CT molecular complexity index is 970. The van der Waals surface area contributed by atoms with Crippen LogP contribution in [0.3, 0.4) is 0 Å². The maximum absolute atomic E-state index is 12.0. The molecule has 1 N–H and O–H groups in total. The summed E-state index contributed by atoms with van der Waals surface area (Å²) in [5.74, 6) is 0. The van der Waals surface area contributed by atoms with Crippen LogP contribution in [-0.2, 0) is 0 Å². The topological polar surface area (TPSA) is 45.8 Å². The molecule has 0 amide bonds. The Kier molecular flexibility index (Phi) is 2.44. The van der Waals surface area contributed by atoms with Crippen LogP contribution in [0.4, 0.5) is 0 Å². The van der Waals surface area contributed by atoms with Crippen LogP contribution in [0.25, 0.3) is 31.7 Å². The van der Waals surface area contributed by atoms with E-state index in [1.54, 1.807) is 11.3 Å². The summed E-state index contributed by atoms with van der Waals surface area (Å²) >= 11 is 1.61. The molecular weight excluding hydrogens is 268 g/mol. The first-order chi connectivity index (χ1) is 9.83. The van der Waals surface area contributed by atoms with Gasteiger partial charge < -0.3 is 4.98 Å². The summed E-state index contributed by atoms with van der Waals surface area (Å²) in [6.07, 6.45) is 0. The molecule has 0 aliphatic carbocycles. The standard InChI is InChI=1S/C16H10N2OS/c19-15-12-9-5-4-8-11(12)13-14(17-15)18-16(20-13)10-6-2-1-3-7-10/h1-9H,(H,17,19). The summed E-state index contributed by atoms with van der Waals surface area (Å²) < 4.78 is 1.03. The molecule has 96 valence electrons. The van der Waals surface area contributed by atoms with Crippen LogP contribution in [-0.4, -0.2) is 9.97 Å². The number of nitrogens with one attached hydrogen (secondary N) is 1. The number of H-pyrrole nitrogens is 1. The van der Waals surface area contributed by atoms with Crippen LogP contribution >= 0.6 is 11.3 Å². The monoisotopic (exact) mass is 278 g/mol. The van der Waals surface area contributed by atoms with E-state index >= 15 is 0 Å². The van der Waals surface area contributed by atoms with Crippen molar-refractivity contribution in [3.63, 3.8) is 0 Å². The average molecular weight is 278 g/mol. The molecule has 3 nitrogen and oxygen atoms in total. The maximum Gasteiger partial charge on any atom is 0.257 e. The number of fused-ring (bicyclic) bond motifs is 3. The van der Waals surface area contributed by atoms with Gasteiger partial charge >= 0.3 is 0 Å². The zero-order valence-corrected chi connectivity index (χ0v) is 11.3. The summed E-state index contributed by atoms with van der Waals surface area (Å²) in [6.45, 7) is 0. The second-order valence-corrected chi connectivity index (χ2v) is 5.56. The fraction of sp³-hybridized carbons (Fsp3) is 0. The Labute approximate surface area is 118 Å². The number of pyridine rings is 1. The van der Waals surface area contributed by atoms with Gasteiger partial charge in [-0.1, -0.05) is 48.5 Å². The number of rotatable bonds is 1. The smallest absolute Gasteiger partial charge is 0.257 e. The third kappa shape index (κ3) is 1.66. The summed E-state index contributed by atoms with van der Waals surface area (Å²) in [7, 11) is 0. The fourth-order valence-corrected chi connectivity index (χ4v) is 3.41. The first-order valence-electron chi connectivity index (χ1n) is 6.30. The number of benzene rings is 2. The van der Waals surface area contributed by atoms with Gasteiger partial charge in [-0.2, -0.15) is 0 Å². The van der Waals surface area contributed by atoms with Gasteiger partial charge in [0.1, 0.15) is 5.01 Å². The van der Waals surface area contributed by atoms with Crippen LogP contribution < -0.4 is 5.56 Å². The SMILES string of the molecule is O=c1[nH]c2nc(-c3ccccc3)sc2c2ccccc12.